The first-order valence-electron chi connectivity index (χ1n) is 4.02. The van der Waals surface area contributed by atoms with Crippen molar-refractivity contribution in [3.05, 3.63) is 0 Å². The van der Waals surface area contributed by atoms with Gasteiger partial charge in [0.05, 0.1) is 5.60 Å². The van der Waals surface area contributed by atoms with Crippen LogP contribution in [0.15, 0.2) is 0 Å². The van der Waals surface area contributed by atoms with Gasteiger partial charge in [-0.1, -0.05) is 0 Å². The fraction of sp³-hybridized carbons (Fsp3) is 1.00. The smallest absolute Gasteiger partial charge is 0.135 e. The lowest BCUT2D eigenvalue weighted by molar-refractivity contribution is -0.0238. The summed E-state index contributed by atoms with van der Waals surface area (Å²) in [5.41, 5.74) is -0.425. The fourth-order valence-electron chi connectivity index (χ4n) is 1.64. The van der Waals surface area contributed by atoms with Crippen LogP contribution in [-0.4, -0.2) is 32.9 Å². The Balaban J connectivity index is 2.75. The highest BCUT2D eigenvalue weighted by atomic mass is 32.3. The Morgan fingerprint density at radius 1 is 1.08 bits per heavy atom. The maximum absolute atomic E-state index is 10.3. The Labute approximate surface area is 87.5 Å². The maximum atomic E-state index is 10.3. The summed E-state index contributed by atoms with van der Waals surface area (Å²) < 4.78 is -0.0365. The first-order valence-corrected chi connectivity index (χ1v) is 7.69. The standard InChI is InChI=1S/C8H16OS3/c1-10-8(11-2,12-3)7(9)5-4-6-7/h9H,4-6H2,1-3H3. The Kier molecular flexibility index (Phi) is 3.72. The first kappa shape index (κ1) is 11.1. The zero-order valence-corrected chi connectivity index (χ0v) is 10.2. The predicted molar refractivity (Wildman–Crippen MR) is 62.1 cm³/mol. The van der Waals surface area contributed by atoms with Crippen molar-refractivity contribution in [1.82, 2.24) is 0 Å². The second-order valence-electron chi connectivity index (χ2n) is 3.05. The molecule has 1 fully saturated rings. The van der Waals surface area contributed by atoms with E-state index in [4.69, 9.17) is 0 Å². The third-order valence-electron chi connectivity index (χ3n) is 2.56. The molecule has 1 saturated carbocycles. The van der Waals surface area contributed by atoms with Gasteiger partial charge in [0.2, 0.25) is 0 Å². The highest BCUT2D eigenvalue weighted by Crippen LogP contribution is 2.58. The van der Waals surface area contributed by atoms with Crippen LogP contribution in [0, 0.1) is 0 Å². The molecule has 0 amide bonds. The third kappa shape index (κ3) is 1.51. The summed E-state index contributed by atoms with van der Waals surface area (Å²) in [6.45, 7) is 0. The van der Waals surface area contributed by atoms with E-state index in [0.29, 0.717) is 0 Å². The summed E-state index contributed by atoms with van der Waals surface area (Å²) in [6, 6.07) is 0. The van der Waals surface area contributed by atoms with E-state index in [9.17, 15) is 5.11 Å². The van der Waals surface area contributed by atoms with Crippen LogP contribution in [0.2, 0.25) is 0 Å². The van der Waals surface area contributed by atoms with Gasteiger partial charge in [-0.3, -0.25) is 0 Å². The average molecular weight is 224 g/mol. The molecule has 72 valence electrons. The topological polar surface area (TPSA) is 20.2 Å². The van der Waals surface area contributed by atoms with Crippen LogP contribution in [-0.2, 0) is 0 Å². The van der Waals surface area contributed by atoms with E-state index in [1.165, 1.54) is 6.42 Å². The molecule has 0 radical (unpaired) electrons. The van der Waals surface area contributed by atoms with Crippen LogP contribution in [0.25, 0.3) is 0 Å². The summed E-state index contributed by atoms with van der Waals surface area (Å²) in [5, 5.41) is 10.3. The van der Waals surface area contributed by atoms with Crippen molar-refractivity contribution in [3.63, 3.8) is 0 Å². The Morgan fingerprint density at radius 2 is 1.50 bits per heavy atom. The normalized spacial score (nSPS) is 22.0. The van der Waals surface area contributed by atoms with Crippen LogP contribution in [0.5, 0.6) is 0 Å². The number of hydrogen-bond donors (Lipinski definition) is 1. The largest absolute Gasteiger partial charge is 0.387 e. The van der Waals surface area contributed by atoms with Gasteiger partial charge in [0, 0.05) is 0 Å². The minimum Gasteiger partial charge on any atom is -0.387 e. The number of aliphatic hydroxyl groups is 1. The molecule has 0 heterocycles. The molecule has 0 spiro atoms. The van der Waals surface area contributed by atoms with E-state index < -0.39 is 5.60 Å². The van der Waals surface area contributed by atoms with Crippen molar-refractivity contribution in [3.8, 4) is 0 Å². The summed E-state index contributed by atoms with van der Waals surface area (Å²) in [7, 11) is 0. The highest BCUT2D eigenvalue weighted by Gasteiger charge is 2.53. The lowest BCUT2D eigenvalue weighted by Gasteiger charge is -2.49. The molecule has 12 heavy (non-hydrogen) atoms. The second-order valence-corrected chi connectivity index (χ2v) is 6.89. The lowest BCUT2D eigenvalue weighted by atomic mass is 9.81. The molecule has 1 aliphatic carbocycles. The number of thioether (sulfide) groups is 3. The summed E-state index contributed by atoms with van der Waals surface area (Å²) in [4.78, 5) is 0. The lowest BCUT2D eigenvalue weighted by Crippen LogP contribution is -2.52. The van der Waals surface area contributed by atoms with Crippen LogP contribution < -0.4 is 0 Å². The maximum Gasteiger partial charge on any atom is 0.135 e. The van der Waals surface area contributed by atoms with Crippen LogP contribution >= 0.6 is 35.3 Å². The van der Waals surface area contributed by atoms with E-state index in [0.717, 1.165) is 12.8 Å². The molecule has 4 heteroatoms. The van der Waals surface area contributed by atoms with Gasteiger partial charge >= 0.3 is 0 Å². The zero-order valence-electron chi connectivity index (χ0n) is 7.79. The van der Waals surface area contributed by atoms with E-state index in [1.807, 2.05) is 0 Å². The van der Waals surface area contributed by atoms with Crippen LogP contribution in [0.1, 0.15) is 19.3 Å². The molecule has 0 aromatic rings. The molecule has 0 aromatic carbocycles. The second kappa shape index (κ2) is 4.03. The molecular weight excluding hydrogens is 208 g/mol. The average Bonchev–Trinajstić information content (AvgIpc) is 2.05. The Morgan fingerprint density at radius 3 is 1.58 bits per heavy atom. The van der Waals surface area contributed by atoms with Gasteiger partial charge < -0.3 is 5.11 Å². The Bertz CT molecular complexity index is 144. The van der Waals surface area contributed by atoms with Gasteiger partial charge in [0.1, 0.15) is 3.41 Å². The van der Waals surface area contributed by atoms with Gasteiger partial charge in [-0.25, -0.2) is 0 Å². The molecule has 1 rings (SSSR count). The SMILES string of the molecule is CSC(SC)(SC)C1(O)CCC1. The summed E-state index contributed by atoms with van der Waals surface area (Å²) >= 11 is 5.33. The number of rotatable bonds is 4. The van der Waals surface area contributed by atoms with E-state index in [1.54, 1.807) is 35.3 Å². The molecule has 0 aromatic heterocycles. The van der Waals surface area contributed by atoms with Crippen molar-refractivity contribution in [2.75, 3.05) is 18.8 Å². The van der Waals surface area contributed by atoms with Crippen molar-refractivity contribution < 1.29 is 5.11 Å². The summed E-state index contributed by atoms with van der Waals surface area (Å²) in [5.74, 6) is 0. The van der Waals surface area contributed by atoms with Gasteiger partial charge in [-0.2, -0.15) is 0 Å². The molecule has 0 bridgehead atoms. The Hall–Kier alpha value is 1.01. The number of hydrogen-bond acceptors (Lipinski definition) is 4. The van der Waals surface area contributed by atoms with Crippen LogP contribution in [0.4, 0.5) is 0 Å². The highest BCUT2D eigenvalue weighted by molar-refractivity contribution is 8.33. The van der Waals surface area contributed by atoms with E-state index >= 15 is 0 Å². The van der Waals surface area contributed by atoms with Gasteiger partial charge in [-0.15, -0.1) is 35.3 Å². The van der Waals surface area contributed by atoms with E-state index in [2.05, 4.69) is 18.8 Å². The first-order chi connectivity index (χ1) is 5.64. The van der Waals surface area contributed by atoms with E-state index in [-0.39, 0.29) is 3.41 Å². The monoisotopic (exact) mass is 224 g/mol. The predicted octanol–water partition coefficient (Wildman–Crippen LogP) is 2.64. The molecule has 1 N–H and O–H groups in total. The summed E-state index contributed by atoms with van der Waals surface area (Å²) in [6.07, 6.45) is 9.38. The van der Waals surface area contributed by atoms with Crippen molar-refractivity contribution >= 4 is 35.3 Å². The van der Waals surface area contributed by atoms with Crippen molar-refractivity contribution in [1.29, 1.82) is 0 Å². The quantitative estimate of drug-likeness (QED) is 0.740. The molecule has 1 aliphatic rings. The third-order valence-corrected chi connectivity index (χ3v) is 8.31. The molecule has 0 unspecified atom stereocenters. The minimum absolute atomic E-state index is 0.0365. The molecule has 0 aliphatic heterocycles. The van der Waals surface area contributed by atoms with Gasteiger partial charge in [-0.05, 0) is 38.0 Å². The zero-order chi connectivity index (χ0) is 9.24. The molecule has 0 saturated heterocycles. The molecule has 0 atom stereocenters. The van der Waals surface area contributed by atoms with Crippen LogP contribution in [0.3, 0.4) is 0 Å². The van der Waals surface area contributed by atoms with Crippen molar-refractivity contribution in [2.24, 2.45) is 0 Å². The molecule has 1 nitrogen and oxygen atoms in total. The van der Waals surface area contributed by atoms with Crippen molar-refractivity contribution in [2.45, 2.75) is 28.3 Å². The van der Waals surface area contributed by atoms with Gasteiger partial charge in [0.25, 0.3) is 0 Å². The van der Waals surface area contributed by atoms with Gasteiger partial charge in [0.15, 0.2) is 0 Å². The fourth-order valence-corrected chi connectivity index (χ4v) is 5.39. The minimum atomic E-state index is -0.425. The molecular formula is C8H16OS3.